The number of fused-ring (bicyclic) bond motifs is 1. The SMILES string of the molecule is O=C(NC1CC1)c1ccc(NCc2ccc3c(c2)OCO3)nn1. The van der Waals surface area contributed by atoms with Gasteiger partial charge in [-0.2, -0.15) is 0 Å². The lowest BCUT2D eigenvalue weighted by atomic mass is 10.2. The topological polar surface area (TPSA) is 85.4 Å². The summed E-state index contributed by atoms with van der Waals surface area (Å²) in [4.78, 5) is 11.8. The highest BCUT2D eigenvalue weighted by molar-refractivity contribution is 5.92. The maximum atomic E-state index is 11.8. The molecule has 0 bridgehead atoms. The molecule has 1 aromatic carbocycles. The van der Waals surface area contributed by atoms with Gasteiger partial charge in [-0.15, -0.1) is 10.2 Å². The first-order valence-corrected chi connectivity index (χ1v) is 7.55. The number of carbonyl (C=O) groups is 1. The fourth-order valence-electron chi connectivity index (χ4n) is 2.28. The largest absolute Gasteiger partial charge is 0.454 e. The zero-order chi connectivity index (χ0) is 15.6. The van der Waals surface area contributed by atoms with Crippen LogP contribution in [0.15, 0.2) is 30.3 Å². The molecule has 1 saturated carbocycles. The minimum atomic E-state index is -0.165. The predicted octanol–water partition coefficient (Wildman–Crippen LogP) is 1.71. The van der Waals surface area contributed by atoms with Gasteiger partial charge >= 0.3 is 0 Å². The van der Waals surface area contributed by atoms with Gasteiger partial charge in [-0.1, -0.05) is 6.07 Å². The van der Waals surface area contributed by atoms with Crippen molar-refractivity contribution in [2.45, 2.75) is 25.4 Å². The molecule has 2 N–H and O–H groups in total. The molecule has 0 spiro atoms. The molecule has 0 unspecified atom stereocenters. The van der Waals surface area contributed by atoms with E-state index in [0.29, 0.717) is 24.1 Å². The molecule has 0 saturated heterocycles. The average molecular weight is 312 g/mol. The third-order valence-corrected chi connectivity index (χ3v) is 3.72. The molecular weight excluding hydrogens is 296 g/mol. The summed E-state index contributed by atoms with van der Waals surface area (Å²) in [5.74, 6) is 1.97. The van der Waals surface area contributed by atoms with Gasteiger partial charge in [0.2, 0.25) is 6.79 Å². The number of ether oxygens (including phenoxy) is 2. The molecule has 2 heterocycles. The van der Waals surface area contributed by atoms with Gasteiger partial charge in [0, 0.05) is 12.6 Å². The Bertz CT molecular complexity index is 729. The highest BCUT2D eigenvalue weighted by Crippen LogP contribution is 2.32. The number of hydrogen-bond donors (Lipinski definition) is 2. The molecule has 1 aliphatic carbocycles. The maximum Gasteiger partial charge on any atom is 0.272 e. The maximum absolute atomic E-state index is 11.8. The van der Waals surface area contributed by atoms with Crippen LogP contribution in [0.1, 0.15) is 28.9 Å². The number of nitrogens with zero attached hydrogens (tertiary/aromatic N) is 2. The van der Waals surface area contributed by atoms with E-state index in [-0.39, 0.29) is 12.7 Å². The van der Waals surface area contributed by atoms with Crippen LogP contribution in [0.5, 0.6) is 11.5 Å². The summed E-state index contributed by atoms with van der Waals surface area (Å²) in [5.41, 5.74) is 1.39. The molecule has 2 aromatic rings. The van der Waals surface area contributed by atoms with Crippen molar-refractivity contribution in [1.82, 2.24) is 15.5 Å². The summed E-state index contributed by atoms with van der Waals surface area (Å²) in [6, 6.07) is 9.52. The number of aromatic nitrogens is 2. The first-order chi connectivity index (χ1) is 11.3. The minimum absolute atomic E-state index is 0.165. The second-order valence-corrected chi connectivity index (χ2v) is 5.59. The third-order valence-electron chi connectivity index (χ3n) is 3.72. The van der Waals surface area contributed by atoms with Crippen LogP contribution in [0.2, 0.25) is 0 Å². The fraction of sp³-hybridized carbons (Fsp3) is 0.312. The Morgan fingerprint density at radius 1 is 1.13 bits per heavy atom. The third kappa shape index (κ3) is 3.18. The number of nitrogens with one attached hydrogen (secondary N) is 2. The number of carbonyl (C=O) groups excluding carboxylic acids is 1. The second kappa shape index (κ2) is 5.75. The lowest BCUT2D eigenvalue weighted by molar-refractivity contribution is 0.0945. The zero-order valence-corrected chi connectivity index (χ0v) is 12.4. The summed E-state index contributed by atoms with van der Waals surface area (Å²) < 4.78 is 10.6. The molecule has 23 heavy (non-hydrogen) atoms. The van der Waals surface area contributed by atoms with E-state index in [1.165, 1.54) is 0 Å². The number of benzene rings is 1. The average Bonchev–Trinajstić information content (AvgIpc) is 3.27. The minimum Gasteiger partial charge on any atom is -0.454 e. The van der Waals surface area contributed by atoms with Gasteiger partial charge in [0.05, 0.1) is 0 Å². The molecule has 0 radical (unpaired) electrons. The normalized spacial score (nSPS) is 15.3. The molecule has 1 fully saturated rings. The fourth-order valence-corrected chi connectivity index (χ4v) is 2.28. The summed E-state index contributed by atoms with van der Waals surface area (Å²) in [6.45, 7) is 0.848. The molecule has 2 aliphatic rings. The van der Waals surface area contributed by atoms with E-state index in [9.17, 15) is 4.79 Å². The van der Waals surface area contributed by atoms with Crippen LogP contribution < -0.4 is 20.1 Å². The number of hydrogen-bond acceptors (Lipinski definition) is 6. The highest BCUT2D eigenvalue weighted by Gasteiger charge is 2.24. The molecule has 1 amide bonds. The van der Waals surface area contributed by atoms with E-state index in [2.05, 4.69) is 20.8 Å². The second-order valence-electron chi connectivity index (χ2n) is 5.59. The molecular formula is C16H16N4O3. The van der Waals surface area contributed by atoms with Crippen LogP contribution in [0.25, 0.3) is 0 Å². The van der Waals surface area contributed by atoms with Gasteiger partial charge in [0.1, 0.15) is 5.82 Å². The Balaban J connectivity index is 1.36. The van der Waals surface area contributed by atoms with Gasteiger partial charge in [-0.3, -0.25) is 4.79 Å². The molecule has 7 nitrogen and oxygen atoms in total. The van der Waals surface area contributed by atoms with Gasteiger partial charge in [-0.25, -0.2) is 0 Å². The van der Waals surface area contributed by atoms with E-state index in [0.717, 1.165) is 29.9 Å². The summed E-state index contributed by atoms with van der Waals surface area (Å²) in [6.07, 6.45) is 2.10. The molecule has 0 atom stereocenters. The van der Waals surface area contributed by atoms with Crippen molar-refractivity contribution in [3.8, 4) is 11.5 Å². The Kier molecular flexibility index (Phi) is 3.45. The van der Waals surface area contributed by atoms with Crippen molar-refractivity contribution in [2.75, 3.05) is 12.1 Å². The van der Waals surface area contributed by atoms with Crippen molar-refractivity contribution in [2.24, 2.45) is 0 Å². The molecule has 4 rings (SSSR count). The Labute approximate surface area is 133 Å². The van der Waals surface area contributed by atoms with E-state index in [1.807, 2.05) is 18.2 Å². The smallest absolute Gasteiger partial charge is 0.272 e. The molecule has 1 aliphatic heterocycles. The first kappa shape index (κ1) is 13.8. The van der Waals surface area contributed by atoms with E-state index < -0.39 is 0 Å². The number of anilines is 1. The standard InChI is InChI=1S/C16H16N4O3/c21-16(18-11-2-3-11)12-4-6-15(20-19-12)17-8-10-1-5-13-14(7-10)23-9-22-13/h1,4-7,11H,2-3,8-9H2,(H,17,20)(H,18,21). The lowest BCUT2D eigenvalue weighted by Gasteiger charge is -2.07. The summed E-state index contributed by atoms with van der Waals surface area (Å²) in [7, 11) is 0. The van der Waals surface area contributed by atoms with Crippen LogP contribution in [-0.2, 0) is 6.54 Å². The van der Waals surface area contributed by atoms with Crippen LogP contribution in [0.4, 0.5) is 5.82 Å². The van der Waals surface area contributed by atoms with Crippen LogP contribution in [0, 0.1) is 0 Å². The Morgan fingerprint density at radius 2 is 2.00 bits per heavy atom. The lowest BCUT2D eigenvalue weighted by Crippen LogP contribution is -2.26. The van der Waals surface area contributed by atoms with Crippen molar-refractivity contribution in [1.29, 1.82) is 0 Å². The van der Waals surface area contributed by atoms with Crippen LogP contribution in [-0.4, -0.2) is 28.9 Å². The van der Waals surface area contributed by atoms with Crippen molar-refractivity contribution in [3.05, 3.63) is 41.6 Å². The van der Waals surface area contributed by atoms with Gasteiger partial charge in [0.15, 0.2) is 17.2 Å². The van der Waals surface area contributed by atoms with E-state index in [4.69, 9.17) is 9.47 Å². The van der Waals surface area contributed by atoms with Gasteiger partial charge in [0.25, 0.3) is 5.91 Å². The number of amides is 1. The number of rotatable bonds is 5. The van der Waals surface area contributed by atoms with E-state index >= 15 is 0 Å². The van der Waals surface area contributed by atoms with E-state index in [1.54, 1.807) is 12.1 Å². The van der Waals surface area contributed by atoms with Crippen LogP contribution in [0.3, 0.4) is 0 Å². The zero-order valence-electron chi connectivity index (χ0n) is 12.4. The Morgan fingerprint density at radius 3 is 2.78 bits per heavy atom. The molecule has 118 valence electrons. The Hall–Kier alpha value is -2.83. The summed E-state index contributed by atoms with van der Waals surface area (Å²) >= 11 is 0. The monoisotopic (exact) mass is 312 g/mol. The van der Waals surface area contributed by atoms with Gasteiger partial charge < -0.3 is 20.1 Å². The van der Waals surface area contributed by atoms with Crippen molar-refractivity contribution < 1.29 is 14.3 Å². The molecule has 1 aromatic heterocycles. The summed E-state index contributed by atoms with van der Waals surface area (Å²) in [5, 5.41) is 14.1. The highest BCUT2D eigenvalue weighted by atomic mass is 16.7. The first-order valence-electron chi connectivity index (χ1n) is 7.55. The molecule has 7 heteroatoms. The van der Waals surface area contributed by atoms with Crippen LogP contribution >= 0.6 is 0 Å². The predicted molar refractivity (Wildman–Crippen MR) is 82.4 cm³/mol. The van der Waals surface area contributed by atoms with Crippen molar-refractivity contribution in [3.63, 3.8) is 0 Å². The van der Waals surface area contributed by atoms with Crippen molar-refractivity contribution >= 4 is 11.7 Å². The van der Waals surface area contributed by atoms with Gasteiger partial charge in [-0.05, 0) is 42.7 Å². The quantitative estimate of drug-likeness (QED) is 0.874.